The number of nitrogen functional groups attached to an aromatic ring is 1. The number of anilines is 1. The van der Waals surface area contributed by atoms with E-state index in [0.29, 0.717) is 23.1 Å². The van der Waals surface area contributed by atoms with Gasteiger partial charge in [-0.05, 0) is 26.0 Å². The first-order valence-electron chi connectivity index (χ1n) is 6.61. The van der Waals surface area contributed by atoms with Crippen LogP contribution in [0.3, 0.4) is 0 Å². The molecule has 0 radical (unpaired) electrons. The van der Waals surface area contributed by atoms with E-state index in [0.717, 1.165) is 22.0 Å². The summed E-state index contributed by atoms with van der Waals surface area (Å²) in [6, 6.07) is 5.97. The van der Waals surface area contributed by atoms with Gasteiger partial charge in [0.15, 0.2) is 5.13 Å². The highest BCUT2D eigenvalue weighted by molar-refractivity contribution is 7.13. The van der Waals surface area contributed by atoms with Crippen molar-refractivity contribution in [3.05, 3.63) is 34.8 Å². The van der Waals surface area contributed by atoms with Crippen LogP contribution < -0.4 is 5.73 Å². The van der Waals surface area contributed by atoms with Crippen molar-refractivity contribution in [3.63, 3.8) is 0 Å². The van der Waals surface area contributed by atoms with Gasteiger partial charge in [-0.1, -0.05) is 11.6 Å². The zero-order chi connectivity index (χ0) is 15.0. The number of nitrogens with zero attached hydrogens (tertiary/aromatic N) is 1. The van der Waals surface area contributed by atoms with Crippen molar-refractivity contribution in [1.82, 2.24) is 9.97 Å². The van der Waals surface area contributed by atoms with E-state index in [2.05, 4.69) is 9.97 Å². The maximum atomic E-state index is 12.2. The number of rotatable bonds is 3. The van der Waals surface area contributed by atoms with Crippen molar-refractivity contribution in [2.45, 2.75) is 13.8 Å². The predicted molar refractivity (Wildman–Crippen MR) is 84.5 cm³/mol. The highest BCUT2D eigenvalue weighted by Gasteiger charge is 2.21. The molecule has 0 aliphatic heterocycles. The molecule has 0 fully saturated rings. The zero-order valence-corrected chi connectivity index (χ0v) is 12.6. The lowest BCUT2D eigenvalue weighted by Gasteiger charge is -2.02. The van der Waals surface area contributed by atoms with Gasteiger partial charge in [-0.15, -0.1) is 11.3 Å². The molecule has 3 rings (SSSR count). The Bertz CT molecular complexity index is 820. The van der Waals surface area contributed by atoms with Crippen LogP contribution in [-0.2, 0) is 4.74 Å². The van der Waals surface area contributed by atoms with Gasteiger partial charge in [-0.25, -0.2) is 9.78 Å². The average Bonchev–Trinajstić information content (AvgIpc) is 3.02. The van der Waals surface area contributed by atoms with Gasteiger partial charge in [-0.2, -0.15) is 0 Å². The molecule has 21 heavy (non-hydrogen) atoms. The van der Waals surface area contributed by atoms with Crippen LogP contribution in [0.5, 0.6) is 0 Å². The molecule has 0 aliphatic carbocycles. The average molecular weight is 301 g/mol. The molecular weight excluding hydrogens is 286 g/mol. The van der Waals surface area contributed by atoms with Crippen molar-refractivity contribution < 1.29 is 9.53 Å². The molecule has 1 aromatic carbocycles. The Kier molecular flexibility index (Phi) is 3.39. The minimum Gasteiger partial charge on any atom is -0.461 e. The minimum absolute atomic E-state index is 0.325. The maximum absolute atomic E-state index is 12.2. The third-order valence-corrected chi connectivity index (χ3v) is 3.89. The highest BCUT2D eigenvalue weighted by atomic mass is 32.1. The van der Waals surface area contributed by atoms with Crippen LogP contribution in [0.4, 0.5) is 5.13 Å². The van der Waals surface area contributed by atoms with Crippen LogP contribution in [0.15, 0.2) is 23.6 Å². The largest absolute Gasteiger partial charge is 0.461 e. The predicted octanol–water partition coefficient (Wildman–Crippen LogP) is 3.36. The smallest absolute Gasteiger partial charge is 0.355 e. The summed E-state index contributed by atoms with van der Waals surface area (Å²) in [5.74, 6) is -0.382. The molecule has 2 heterocycles. The molecule has 0 bridgehead atoms. The van der Waals surface area contributed by atoms with Crippen molar-refractivity contribution in [2.75, 3.05) is 12.3 Å². The summed E-state index contributed by atoms with van der Waals surface area (Å²) in [5.41, 5.74) is 9.58. The number of aromatic amines is 1. The Labute approximate surface area is 125 Å². The Morgan fingerprint density at radius 2 is 2.29 bits per heavy atom. The normalized spacial score (nSPS) is 11.0. The molecule has 3 N–H and O–H groups in total. The molecule has 0 atom stereocenters. The van der Waals surface area contributed by atoms with Gasteiger partial charge in [0.2, 0.25) is 0 Å². The zero-order valence-electron chi connectivity index (χ0n) is 11.8. The number of aryl methyl sites for hydroxylation is 1. The summed E-state index contributed by atoms with van der Waals surface area (Å²) in [6.07, 6.45) is 0. The van der Waals surface area contributed by atoms with E-state index in [1.807, 2.05) is 30.5 Å². The topological polar surface area (TPSA) is 81.0 Å². The van der Waals surface area contributed by atoms with E-state index < -0.39 is 0 Å². The van der Waals surface area contributed by atoms with Gasteiger partial charge in [0.1, 0.15) is 5.69 Å². The molecule has 6 heteroatoms. The monoisotopic (exact) mass is 301 g/mol. The minimum atomic E-state index is -0.382. The SMILES string of the molecule is CCOC(=O)c1[nH]c2ccc(C)cc2c1-c1csc(N)n1. The lowest BCUT2D eigenvalue weighted by Crippen LogP contribution is -2.06. The number of H-pyrrole nitrogens is 1. The fourth-order valence-corrected chi connectivity index (χ4v) is 2.88. The summed E-state index contributed by atoms with van der Waals surface area (Å²) < 4.78 is 5.13. The molecule has 3 aromatic rings. The van der Waals surface area contributed by atoms with Gasteiger partial charge in [0.05, 0.1) is 12.3 Å². The van der Waals surface area contributed by atoms with Crippen LogP contribution in [0.1, 0.15) is 23.0 Å². The van der Waals surface area contributed by atoms with E-state index in [9.17, 15) is 4.79 Å². The Balaban J connectivity index is 2.28. The lowest BCUT2D eigenvalue weighted by atomic mass is 10.1. The molecule has 0 unspecified atom stereocenters. The first kappa shape index (κ1) is 13.6. The Morgan fingerprint density at radius 3 is 2.95 bits per heavy atom. The van der Waals surface area contributed by atoms with Crippen molar-refractivity contribution in [1.29, 1.82) is 0 Å². The van der Waals surface area contributed by atoms with Gasteiger partial charge in [0.25, 0.3) is 0 Å². The van der Waals surface area contributed by atoms with E-state index in [1.54, 1.807) is 6.92 Å². The molecular formula is C15H15N3O2S. The molecule has 0 saturated heterocycles. The van der Waals surface area contributed by atoms with Crippen LogP contribution in [-0.4, -0.2) is 22.5 Å². The summed E-state index contributed by atoms with van der Waals surface area (Å²) in [7, 11) is 0. The number of aromatic nitrogens is 2. The van der Waals surface area contributed by atoms with Crippen molar-refractivity contribution >= 4 is 33.3 Å². The summed E-state index contributed by atoms with van der Waals surface area (Å²) in [6.45, 7) is 4.12. The third-order valence-electron chi connectivity index (χ3n) is 3.21. The second kappa shape index (κ2) is 5.21. The van der Waals surface area contributed by atoms with Crippen molar-refractivity contribution in [2.24, 2.45) is 0 Å². The molecule has 0 saturated carbocycles. The molecule has 108 valence electrons. The summed E-state index contributed by atoms with van der Waals surface area (Å²) in [5, 5.41) is 3.27. The number of benzene rings is 1. The van der Waals surface area contributed by atoms with E-state index >= 15 is 0 Å². The summed E-state index contributed by atoms with van der Waals surface area (Å²) >= 11 is 1.35. The quantitative estimate of drug-likeness (QED) is 0.727. The number of fused-ring (bicyclic) bond motifs is 1. The maximum Gasteiger partial charge on any atom is 0.355 e. The molecule has 5 nitrogen and oxygen atoms in total. The van der Waals surface area contributed by atoms with Crippen LogP contribution in [0, 0.1) is 6.92 Å². The first-order valence-corrected chi connectivity index (χ1v) is 7.49. The number of hydrogen-bond acceptors (Lipinski definition) is 5. The summed E-state index contributed by atoms with van der Waals surface area (Å²) in [4.78, 5) is 19.6. The standard InChI is InChI=1S/C15H15N3O2S/c1-3-20-14(19)13-12(11-7-21-15(16)18-11)9-6-8(2)4-5-10(9)17-13/h4-7,17H,3H2,1-2H3,(H2,16,18). The van der Waals surface area contributed by atoms with E-state index in [1.165, 1.54) is 11.3 Å². The number of esters is 1. The second-order valence-corrected chi connectivity index (χ2v) is 5.61. The fourth-order valence-electron chi connectivity index (χ4n) is 2.33. The van der Waals surface area contributed by atoms with E-state index in [-0.39, 0.29) is 5.97 Å². The first-order chi connectivity index (χ1) is 10.1. The van der Waals surface area contributed by atoms with Crippen LogP contribution >= 0.6 is 11.3 Å². The van der Waals surface area contributed by atoms with Gasteiger partial charge in [0, 0.05) is 21.8 Å². The molecule has 0 aliphatic rings. The van der Waals surface area contributed by atoms with Crippen LogP contribution in [0.25, 0.3) is 22.2 Å². The Morgan fingerprint density at radius 1 is 1.48 bits per heavy atom. The number of carbonyl (C=O) groups excluding carboxylic acids is 1. The van der Waals surface area contributed by atoms with E-state index in [4.69, 9.17) is 10.5 Å². The molecule has 0 amide bonds. The number of nitrogens with two attached hydrogens (primary N) is 1. The number of thiazole rings is 1. The Hall–Kier alpha value is -2.34. The van der Waals surface area contributed by atoms with Gasteiger partial charge >= 0.3 is 5.97 Å². The number of ether oxygens (including phenoxy) is 1. The fraction of sp³-hybridized carbons (Fsp3) is 0.200. The lowest BCUT2D eigenvalue weighted by molar-refractivity contribution is 0.0521. The van der Waals surface area contributed by atoms with Crippen molar-refractivity contribution in [3.8, 4) is 11.3 Å². The number of hydrogen-bond donors (Lipinski definition) is 2. The number of nitrogens with one attached hydrogen (secondary N) is 1. The van der Waals surface area contributed by atoms with Gasteiger partial charge < -0.3 is 15.5 Å². The highest BCUT2D eigenvalue weighted by Crippen LogP contribution is 2.34. The van der Waals surface area contributed by atoms with Gasteiger partial charge in [-0.3, -0.25) is 0 Å². The molecule has 2 aromatic heterocycles. The molecule has 0 spiro atoms. The second-order valence-electron chi connectivity index (χ2n) is 4.72. The third kappa shape index (κ3) is 2.38. The van der Waals surface area contributed by atoms with Crippen LogP contribution in [0.2, 0.25) is 0 Å². The number of carbonyl (C=O) groups is 1.